The van der Waals surface area contributed by atoms with Crippen molar-refractivity contribution in [1.29, 1.82) is 0 Å². The molecule has 0 aliphatic heterocycles. The van der Waals surface area contributed by atoms with E-state index in [1.54, 1.807) is 6.07 Å². The van der Waals surface area contributed by atoms with E-state index < -0.39 is 0 Å². The largest absolute Gasteiger partial charge is 0.507 e. The van der Waals surface area contributed by atoms with Gasteiger partial charge in [-0.1, -0.05) is 26.0 Å². The van der Waals surface area contributed by atoms with Crippen LogP contribution >= 0.6 is 0 Å². The molecule has 3 nitrogen and oxygen atoms in total. The summed E-state index contributed by atoms with van der Waals surface area (Å²) >= 11 is 0. The minimum atomic E-state index is -0.0237. The number of benzene rings is 1. The highest BCUT2D eigenvalue weighted by Crippen LogP contribution is 2.31. The molecule has 0 aromatic heterocycles. The summed E-state index contributed by atoms with van der Waals surface area (Å²) in [6.45, 7) is 6.94. The standard InChI is InChI=1S/C16H23NO2/c1-11(2)9-10-17(13-7-8-13)16(19)14-6-4-5-12(3)15(14)18/h4-6,11,13,18H,7-10H2,1-3H3. The van der Waals surface area contributed by atoms with E-state index in [1.165, 1.54) is 0 Å². The van der Waals surface area contributed by atoms with Crippen molar-refractivity contribution in [3.05, 3.63) is 29.3 Å². The molecule has 1 aromatic rings. The first kappa shape index (κ1) is 13.9. The molecule has 104 valence electrons. The Labute approximate surface area is 115 Å². The summed E-state index contributed by atoms with van der Waals surface area (Å²) in [4.78, 5) is 14.5. The van der Waals surface area contributed by atoms with Crippen LogP contribution in [0, 0.1) is 12.8 Å². The maximum atomic E-state index is 12.6. The first-order valence-electron chi connectivity index (χ1n) is 7.10. The van der Waals surface area contributed by atoms with Crippen molar-refractivity contribution in [3.8, 4) is 5.75 Å². The average Bonchev–Trinajstić information content (AvgIpc) is 3.17. The molecule has 0 radical (unpaired) electrons. The van der Waals surface area contributed by atoms with Crippen molar-refractivity contribution in [1.82, 2.24) is 4.90 Å². The van der Waals surface area contributed by atoms with Crippen molar-refractivity contribution in [2.75, 3.05) is 6.54 Å². The van der Waals surface area contributed by atoms with Gasteiger partial charge < -0.3 is 10.0 Å². The van der Waals surface area contributed by atoms with E-state index in [0.717, 1.165) is 31.4 Å². The lowest BCUT2D eigenvalue weighted by Crippen LogP contribution is -2.34. The van der Waals surface area contributed by atoms with Crippen LogP contribution in [-0.4, -0.2) is 28.5 Å². The number of nitrogens with zero attached hydrogens (tertiary/aromatic N) is 1. The third-order valence-corrected chi connectivity index (χ3v) is 3.66. The maximum absolute atomic E-state index is 12.6. The van der Waals surface area contributed by atoms with Gasteiger partial charge in [-0.05, 0) is 43.7 Å². The predicted molar refractivity (Wildman–Crippen MR) is 76.4 cm³/mol. The minimum absolute atomic E-state index is 0.0237. The number of rotatable bonds is 5. The Bertz CT molecular complexity index is 464. The fourth-order valence-corrected chi connectivity index (χ4v) is 2.22. The number of carbonyl (C=O) groups excluding carboxylic acids is 1. The topological polar surface area (TPSA) is 40.5 Å². The highest BCUT2D eigenvalue weighted by molar-refractivity contribution is 5.97. The van der Waals surface area contributed by atoms with Crippen LogP contribution in [0.1, 0.15) is 49.0 Å². The molecule has 1 aliphatic carbocycles. The summed E-state index contributed by atoms with van der Waals surface area (Å²) in [5.41, 5.74) is 1.20. The van der Waals surface area contributed by atoms with Gasteiger partial charge >= 0.3 is 0 Å². The molecule has 3 heteroatoms. The van der Waals surface area contributed by atoms with Crippen molar-refractivity contribution < 1.29 is 9.90 Å². The summed E-state index contributed by atoms with van der Waals surface area (Å²) in [6, 6.07) is 5.75. The molecule has 1 aromatic carbocycles. The van der Waals surface area contributed by atoms with E-state index >= 15 is 0 Å². The number of carbonyl (C=O) groups is 1. The van der Waals surface area contributed by atoms with Crippen molar-refractivity contribution >= 4 is 5.91 Å². The number of para-hydroxylation sites is 1. The van der Waals surface area contributed by atoms with Crippen molar-refractivity contribution in [2.45, 2.75) is 46.1 Å². The van der Waals surface area contributed by atoms with Crippen LogP contribution in [0.3, 0.4) is 0 Å². The van der Waals surface area contributed by atoms with Crippen LogP contribution in [0.5, 0.6) is 5.75 Å². The summed E-state index contributed by atoms with van der Waals surface area (Å²) in [7, 11) is 0. The third kappa shape index (κ3) is 3.28. The van der Waals surface area contributed by atoms with Crippen LogP contribution in [0.2, 0.25) is 0 Å². The molecule has 1 aliphatic rings. The minimum Gasteiger partial charge on any atom is -0.507 e. The molecule has 19 heavy (non-hydrogen) atoms. The zero-order valence-electron chi connectivity index (χ0n) is 12.0. The van der Waals surface area contributed by atoms with E-state index in [-0.39, 0.29) is 11.7 Å². The van der Waals surface area contributed by atoms with E-state index in [0.29, 0.717) is 17.5 Å². The molecule has 1 N–H and O–H groups in total. The van der Waals surface area contributed by atoms with Crippen LogP contribution < -0.4 is 0 Å². The monoisotopic (exact) mass is 261 g/mol. The van der Waals surface area contributed by atoms with Crippen LogP contribution in [0.15, 0.2) is 18.2 Å². The quantitative estimate of drug-likeness (QED) is 0.883. The summed E-state index contributed by atoms with van der Waals surface area (Å²) < 4.78 is 0. The normalized spacial score (nSPS) is 14.7. The molecule has 1 amide bonds. The average molecular weight is 261 g/mol. The summed E-state index contributed by atoms with van der Waals surface area (Å²) in [5.74, 6) is 0.687. The van der Waals surface area contributed by atoms with Gasteiger partial charge in [-0.3, -0.25) is 4.79 Å². The van der Waals surface area contributed by atoms with E-state index in [9.17, 15) is 9.90 Å². The predicted octanol–water partition coefficient (Wildman–Crippen LogP) is 3.35. The molecule has 0 heterocycles. The Morgan fingerprint density at radius 2 is 2.11 bits per heavy atom. The second-order valence-electron chi connectivity index (χ2n) is 5.88. The van der Waals surface area contributed by atoms with Gasteiger partial charge in [-0.15, -0.1) is 0 Å². The fraction of sp³-hybridized carbons (Fsp3) is 0.562. The molecule has 0 unspecified atom stereocenters. The second-order valence-corrected chi connectivity index (χ2v) is 5.88. The van der Waals surface area contributed by atoms with Crippen LogP contribution in [0.4, 0.5) is 0 Å². The van der Waals surface area contributed by atoms with E-state index in [2.05, 4.69) is 13.8 Å². The molecule has 1 saturated carbocycles. The molecule has 0 spiro atoms. The highest BCUT2D eigenvalue weighted by Gasteiger charge is 2.33. The lowest BCUT2D eigenvalue weighted by Gasteiger charge is -2.24. The van der Waals surface area contributed by atoms with Crippen LogP contribution in [-0.2, 0) is 0 Å². The SMILES string of the molecule is Cc1cccc(C(=O)N(CCC(C)C)C2CC2)c1O. The first-order chi connectivity index (χ1) is 9.00. The Balaban J connectivity index is 2.17. The molecular weight excluding hydrogens is 238 g/mol. The number of phenols is 1. The van der Waals surface area contributed by atoms with Gasteiger partial charge in [-0.25, -0.2) is 0 Å². The lowest BCUT2D eigenvalue weighted by atomic mass is 10.1. The molecule has 0 saturated heterocycles. The number of hydrogen-bond donors (Lipinski definition) is 1. The number of hydrogen-bond acceptors (Lipinski definition) is 2. The Morgan fingerprint density at radius 3 is 2.68 bits per heavy atom. The van der Waals surface area contributed by atoms with Gasteiger partial charge in [0.1, 0.15) is 5.75 Å². The second kappa shape index (κ2) is 5.64. The van der Waals surface area contributed by atoms with Gasteiger partial charge in [0.05, 0.1) is 5.56 Å². The number of aryl methyl sites for hydroxylation is 1. The Hall–Kier alpha value is -1.51. The first-order valence-corrected chi connectivity index (χ1v) is 7.10. The zero-order valence-corrected chi connectivity index (χ0v) is 12.0. The van der Waals surface area contributed by atoms with Gasteiger partial charge in [0.25, 0.3) is 5.91 Å². The van der Waals surface area contributed by atoms with Crippen molar-refractivity contribution in [2.24, 2.45) is 5.92 Å². The van der Waals surface area contributed by atoms with E-state index in [1.807, 2.05) is 24.0 Å². The summed E-state index contributed by atoms with van der Waals surface area (Å²) in [5, 5.41) is 10.0. The molecular formula is C16H23NO2. The molecule has 2 rings (SSSR count). The highest BCUT2D eigenvalue weighted by atomic mass is 16.3. The van der Waals surface area contributed by atoms with E-state index in [4.69, 9.17) is 0 Å². The third-order valence-electron chi connectivity index (χ3n) is 3.66. The van der Waals surface area contributed by atoms with Gasteiger partial charge in [0.2, 0.25) is 0 Å². The molecule has 1 fully saturated rings. The number of phenolic OH excluding ortho intramolecular Hbond substituents is 1. The van der Waals surface area contributed by atoms with Crippen molar-refractivity contribution in [3.63, 3.8) is 0 Å². The fourth-order valence-electron chi connectivity index (χ4n) is 2.22. The summed E-state index contributed by atoms with van der Waals surface area (Å²) in [6.07, 6.45) is 3.20. The van der Waals surface area contributed by atoms with Crippen LogP contribution in [0.25, 0.3) is 0 Å². The lowest BCUT2D eigenvalue weighted by molar-refractivity contribution is 0.0732. The zero-order chi connectivity index (χ0) is 14.0. The van der Waals surface area contributed by atoms with Gasteiger partial charge in [0, 0.05) is 12.6 Å². The Kier molecular flexibility index (Phi) is 4.13. The van der Waals surface area contributed by atoms with Gasteiger partial charge in [-0.2, -0.15) is 0 Å². The van der Waals surface area contributed by atoms with Gasteiger partial charge in [0.15, 0.2) is 0 Å². The maximum Gasteiger partial charge on any atom is 0.257 e. The molecule has 0 bridgehead atoms. The Morgan fingerprint density at radius 1 is 1.42 bits per heavy atom. The number of aromatic hydroxyl groups is 1. The smallest absolute Gasteiger partial charge is 0.257 e. The number of amides is 1. The molecule has 0 atom stereocenters.